The van der Waals surface area contributed by atoms with Crippen LogP contribution in [0.5, 0.6) is 0 Å². The summed E-state index contributed by atoms with van der Waals surface area (Å²) in [5, 5.41) is 3.01. The fourth-order valence-corrected chi connectivity index (χ4v) is 3.63. The SMILES string of the molecule is CCC1C(=O)NC(C)(C2CC2)C(=O)N1C1CCOCC1. The van der Waals surface area contributed by atoms with Gasteiger partial charge in [-0.1, -0.05) is 6.92 Å². The number of nitrogens with one attached hydrogen (secondary N) is 1. The number of rotatable bonds is 3. The first kappa shape index (κ1) is 13.9. The molecule has 2 unspecified atom stereocenters. The predicted molar refractivity (Wildman–Crippen MR) is 74.0 cm³/mol. The molecule has 20 heavy (non-hydrogen) atoms. The van der Waals surface area contributed by atoms with Crippen LogP contribution in [0, 0.1) is 5.92 Å². The lowest BCUT2D eigenvalue weighted by Gasteiger charge is -2.48. The Morgan fingerprint density at radius 1 is 1.25 bits per heavy atom. The minimum Gasteiger partial charge on any atom is -0.381 e. The van der Waals surface area contributed by atoms with E-state index in [1.165, 1.54) is 0 Å². The highest BCUT2D eigenvalue weighted by atomic mass is 16.5. The van der Waals surface area contributed by atoms with Crippen LogP contribution < -0.4 is 5.32 Å². The molecule has 0 aromatic heterocycles. The molecular weight excluding hydrogens is 256 g/mol. The van der Waals surface area contributed by atoms with Crippen molar-refractivity contribution in [2.45, 2.75) is 63.6 Å². The first-order chi connectivity index (χ1) is 9.58. The molecule has 5 nitrogen and oxygen atoms in total. The van der Waals surface area contributed by atoms with Gasteiger partial charge in [-0.05, 0) is 44.9 Å². The summed E-state index contributed by atoms with van der Waals surface area (Å²) < 4.78 is 5.39. The van der Waals surface area contributed by atoms with Gasteiger partial charge in [-0.15, -0.1) is 0 Å². The third-order valence-electron chi connectivity index (χ3n) is 5.06. The van der Waals surface area contributed by atoms with Crippen LogP contribution in [0.4, 0.5) is 0 Å². The van der Waals surface area contributed by atoms with E-state index >= 15 is 0 Å². The van der Waals surface area contributed by atoms with Crippen molar-refractivity contribution >= 4 is 11.8 Å². The molecular formula is C15H24N2O3. The molecule has 0 radical (unpaired) electrons. The zero-order valence-electron chi connectivity index (χ0n) is 12.4. The number of carbonyl (C=O) groups excluding carboxylic acids is 2. The topological polar surface area (TPSA) is 58.6 Å². The standard InChI is InChI=1S/C15H24N2O3/c1-3-12-13(18)16-15(2,10-4-5-10)14(19)17(12)11-6-8-20-9-7-11/h10-12H,3-9H2,1-2H3,(H,16,18). The Morgan fingerprint density at radius 2 is 1.90 bits per heavy atom. The highest BCUT2D eigenvalue weighted by molar-refractivity contribution is 6.00. The van der Waals surface area contributed by atoms with Gasteiger partial charge in [-0.3, -0.25) is 9.59 Å². The number of ether oxygens (including phenoxy) is 1. The first-order valence-electron chi connectivity index (χ1n) is 7.80. The van der Waals surface area contributed by atoms with Crippen LogP contribution in [-0.4, -0.2) is 47.6 Å². The molecule has 3 rings (SSSR count). The van der Waals surface area contributed by atoms with Gasteiger partial charge in [-0.25, -0.2) is 0 Å². The van der Waals surface area contributed by atoms with E-state index in [-0.39, 0.29) is 23.9 Å². The highest BCUT2D eigenvalue weighted by Gasteiger charge is 2.56. The number of nitrogens with zero attached hydrogens (tertiary/aromatic N) is 1. The minimum absolute atomic E-state index is 0.0213. The minimum atomic E-state index is -0.680. The average molecular weight is 280 g/mol. The molecule has 112 valence electrons. The molecule has 2 heterocycles. The fraction of sp³-hybridized carbons (Fsp3) is 0.867. The maximum absolute atomic E-state index is 13.0. The van der Waals surface area contributed by atoms with Gasteiger partial charge >= 0.3 is 0 Å². The quantitative estimate of drug-likeness (QED) is 0.841. The van der Waals surface area contributed by atoms with Gasteiger partial charge in [0.15, 0.2) is 0 Å². The Labute approximate surface area is 120 Å². The monoisotopic (exact) mass is 280 g/mol. The first-order valence-corrected chi connectivity index (χ1v) is 7.80. The molecule has 2 amide bonds. The molecule has 0 bridgehead atoms. The smallest absolute Gasteiger partial charge is 0.249 e. The molecule has 0 aromatic rings. The Balaban J connectivity index is 1.89. The van der Waals surface area contributed by atoms with E-state index in [0.717, 1.165) is 25.7 Å². The van der Waals surface area contributed by atoms with Crippen molar-refractivity contribution in [3.05, 3.63) is 0 Å². The van der Waals surface area contributed by atoms with Crippen molar-refractivity contribution in [1.29, 1.82) is 0 Å². The zero-order valence-corrected chi connectivity index (χ0v) is 12.4. The van der Waals surface area contributed by atoms with Crippen LogP contribution in [0.25, 0.3) is 0 Å². The van der Waals surface area contributed by atoms with Gasteiger partial charge in [0.25, 0.3) is 0 Å². The fourth-order valence-electron chi connectivity index (χ4n) is 3.63. The second-order valence-electron chi connectivity index (χ2n) is 6.45. The van der Waals surface area contributed by atoms with E-state index in [2.05, 4.69) is 5.32 Å². The summed E-state index contributed by atoms with van der Waals surface area (Å²) in [6.45, 7) is 5.26. The summed E-state index contributed by atoms with van der Waals surface area (Å²) >= 11 is 0. The molecule has 1 aliphatic carbocycles. The second-order valence-corrected chi connectivity index (χ2v) is 6.45. The van der Waals surface area contributed by atoms with E-state index in [0.29, 0.717) is 25.6 Å². The molecule has 1 N–H and O–H groups in total. The van der Waals surface area contributed by atoms with Gasteiger partial charge in [0.1, 0.15) is 11.6 Å². The normalized spacial score (nSPS) is 36.1. The van der Waals surface area contributed by atoms with Crippen LogP contribution >= 0.6 is 0 Å². The maximum Gasteiger partial charge on any atom is 0.249 e. The number of carbonyl (C=O) groups is 2. The number of piperazine rings is 1. The summed E-state index contributed by atoms with van der Waals surface area (Å²) in [7, 11) is 0. The van der Waals surface area contributed by atoms with Gasteiger partial charge in [0, 0.05) is 19.3 Å². The van der Waals surface area contributed by atoms with Gasteiger partial charge in [0.05, 0.1) is 0 Å². The lowest BCUT2D eigenvalue weighted by atomic mass is 9.87. The number of hydrogen-bond acceptors (Lipinski definition) is 3. The molecule has 1 saturated carbocycles. The van der Waals surface area contributed by atoms with Gasteiger partial charge in [0.2, 0.25) is 11.8 Å². The van der Waals surface area contributed by atoms with Crippen molar-refractivity contribution in [2.24, 2.45) is 5.92 Å². The molecule has 3 fully saturated rings. The van der Waals surface area contributed by atoms with Crippen LogP contribution in [0.1, 0.15) is 46.0 Å². The van der Waals surface area contributed by atoms with Gasteiger partial charge < -0.3 is 15.0 Å². The Hall–Kier alpha value is -1.10. The maximum atomic E-state index is 13.0. The second kappa shape index (κ2) is 5.02. The summed E-state index contributed by atoms with van der Waals surface area (Å²) in [5.41, 5.74) is -0.680. The van der Waals surface area contributed by atoms with Crippen molar-refractivity contribution < 1.29 is 14.3 Å². The largest absolute Gasteiger partial charge is 0.381 e. The van der Waals surface area contributed by atoms with Crippen molar-refractivity contribution in [1.82, 2.24) is 10.2 Å². The Bertz CT molecular complexity index is 415. The Kier molecular flexibility index (Phi) is 3.48. The predicted octanol–water partition coefficient (Wildman–Crippen LogP) is 1.07. The van der Waals surface area contributed by atoms with Crippen molar-refractivity contribution in [2.75, 3.05) is 13.2 Å². The van der Waals surface area contributed by atoms with Crippen LogP contribution in [0.15, 0.2) is 0 Å². The van der Waals surface area contributed by atoms with Crippen LogP contribution in [0.3, 0.4) is 0 Å². The van der Waals surface area contributed by atoms with E-state index < -0.39 is 5.54 Å². The number of hydrogen-bond donors (Lipinski definition) is 1. The zero-order chi connectivity index (χ0) is 14.3. The van der Waals surface area contributed by atoms with E-state index in [1.54, 1.807) is 0 Å². The van der Waals surface area contributed by atoms with E-state index in [1.807, 2.05) is 18.7 Å². The Morgan fingerprint density at radius 3 is 2.45 bits per heavy atom. The summed E-state index contributed by atoms with van der Waals surface area (Å²) in [4.78, 5) is 27.3. The lowest BCUT2D eigenvalue weighted by molar-refractivity contribution is -0.160. The number of amides is 2. The molecule has 2 saturated heterocycles. The molecule has 3 aliphatic rings. The van der Waals surface area contributed by atoms with E-state index in [4.69, 9.17) is 4.74 Å². The highest BCUT2D eigenvalue weighted by Crippen LogP contribution is 2.43. The van der Waals surface area contributed by atoms with Crippen molar-refractivity contribution in [3.8, 4) is 0 Å². The summed E-state index contributed by atoms with van der Waals surface area (Å²) in [6, 6.07) is -0.150. The van der Waals surface area contributed by atoms with Crippen molar-refractivity contribution in [3.63, 3.8) is 0 Å². The molecule has 0 spiro atoms. The van der Waals surface area contributed by atoms with Crippen LogP contribution in [-0.2, 0) is 14.3 Å². The third-order valence-corrected chi connectivity index (χ3v) is 5.06. The lowest BCUT2D eigenvalue weighted by Crippen LogP contribution is -2.72. The molecule has 2 aliphatic heterocycles. The van der Waals surface area contributed by atoms with Crippen LogP contribution in [0.2, 0.25) is 0 Å². The van der Waals surface area contributed by atoms with Gasteiger partial charge in [-0.2, -0.15) is 0 Å². The molecule has 2 atom stereocenters. The molecule has 5 heteroatoms. The summed E-state index contributed by atoms with van der Waals surface area (Å²) in [5.74, 6) is 0.463. The van der Waals surface area contributed by atoms with E-state index in [9.17, 15) is 9.59 Å². The molecule has 0 aromatic carbocycles. The summed E-state index contributed by atoms with van der Waals surface area (Å²) in [6.07, 6.45) is 4.45. The third kappa shape index (κ3) is 2.12. The average Bonchev–Trinajstić information content (AvgIpc) is 3.28.